The average molecular weight is 304 g/mol. The summed E-state index contributed by atoms with van der Waals surface area (Å²) < 4.78 is 11.3. The van der Waals surface area contributed by atoms with Crippen molar-refractivity contribution >= 4 is 11.9 Å². The van der Waals surface area contributed by atoms with Crippen LogP contribution in [0.3, 0.4) is 0 Å². The number of esters is 1. The lowest BCUT2D eigenvalue weighted by Crippen LogP contribution is -2.14. The number of carbonyl (C=O) groups is 2. The first-order valence-corrected chi connectivity index (χ1v) is 6.63. The summed E-state index contributed by atoms with van der Waals surface area (Å²) in [6.45, 7) is 3.63. The first-order valence-electron chi connectivity index (χ1n) is 6.63. The molecular formula is C15H16N2O5. The van der Waals surface area contributed by atoms with E-state index >= 15 is 0 Å². The number of ether oxygens (including phenoxy) is 2. The number of carbonyl (C=O) groups excluding carboxylic acids is 1. The highest BCUT2D eigenvalue weighted by atomic mass is 16.5. The van der Waals surface area contributed by atoms with Gasteiger partial charge in [-0.1, -0.05) is 0 Å². The van der Waals surface area contributed by atoms with Gasteiger partial charge in [-0.05, 0) is 38.1 Å². The number of aromatic nitrogens is 2. The molecule has 0 radical (unpaired) electrons. The molecule has 0 aliphatic rings. The molecule has 1 aromatic heterocycles. The molecule has 1 heterocycles. The molecule has 0 saturated carbocycles. The third kappa shape index (κ3) is 2.93. The summed E-state index contributed by atoms with van der Waals surface area (Å²) >= 11 is 0. The van der Waals surface area contributed by atoms with Crippen LogP contribution in [0.2, 0.25) is 0 Å². The summed E-state index contributed by atoms with van der Waals surface area (Å²) in [7, 11) is 1.45. The molecule has 0 fully saturated rings. The highest BCUT2D eigenvalue weighted by molar-refractivity contribution is 5.94. The normalized spacial score (nSPS) is 10.3. The zero-order chi connectivity index (χ0) is 16.3. The molecule has 0 amide bonds. The highest BCUT2D eigenvalue weighted by Gasteiger charge is 2.21. The lowest BCUT2D eigenvalue weighted by molar-refractivity contribution is 0.0514. The number of nitrogens with zero attached hydrogens (tertiary/aromatic N) is 2. The van der Waals surface area contributed by atoms with E-state index in [9.17, 15) is 14.7 Å². The maximum Gasteiger partial charge on any atom is 0.357 e. The van der Waals surface area contributed by atoms with E-state index in [0.717, 1.165) is 0 Å². The van der Waals surface area contributed by atoms with E-state index in [0.29, 0.717) is 11.4 Å². The Labute approximate surface area is 127 Å². The molecule has 0 bridgehead atoms. The Bertz CT molecular complexity index is 721. The van der Waals surface area contributed by atoms with Crippen molar-refractivity contribution in [3.8, 4) is 11.4 Å². The first-order chi connectivity index (χ1) is 10.5. The zero-order valence-electron chi connectivity index (χ0n) is 12.5. The molecule has 1 N–H and O–H groups in total. The molecule has 0 aliphatic carbocycles. The molecule has 1 aromatic carbocycles. The molecule has 0 saturated heterocycles. The Hall–Kier alpha value is -2.83. The van der Waals surface area contributed by atoms with Gasteiger partial charge in [-0.15, -0.1) is 0 Å². The van der Waals surface area contributed by atoms with E-state index in [2.05, 4.69) is 5.10 Å². The maximum atomic E-state index is 12.0. The van der Waals surface area contributed by atoms with Crippen molar-refractivity contribution in [3.63, 3.8) is 0 Å². The van der Waals surface area contributed by atoms with E-state index in [1.165, 1.54) is 23.9 Å². The lowest BCUT2D eigenvalue weighted by atomic mass is 10.1. The topological polar surface area (TPSA) is 90.6 Å². The predicted octanol–water partition coefficient (Wildman–Crippen LogP) is 2.06. The fourth-order valence-corrected chi connectivity index (χ4v) is 2.03. The molecule has 2 aromatic rings. The van der Waals surface area contributed by atoms with Gasteiger partial charge in [-0.2, -0.15) is 5.10 Å². The van der Waals surface area contributed by atoms with Crippen LogP contribution in [0, 0.1) is 6.92 Å². The van der Waals surface area contributed by atoms with Crippen molar-refractivity contribution < 1.29 is 24.2 Å². The van der Waals surface area contributed by atoms with Crippen LogP contribution < -0.4 is 4.74 Å². The Morgan fingerprint density at radius 2 is 2.05 bits per heavy atom. The molecule has 0 unspecified atom stereocenters. The molecule has 2 rings (SSSR count). The van der Waals surface area contributed by atoms with Gasteiger partial charge in [-0.3, -0.25) is 0 Å². The van der Waals surface area contributed by atoms with Crippen LogP contribution in [0.1, 0.15) is 33.5 Å². The molecular weight excluding hydrogens is 288 g/mol. The first kappa shape index (κ1) is 15.6. The SMILES string of the molecule is CCOC(=O)c1cc(C)nn1-c1ccc(OC)cc1C(=O)O. The molecule has 0 atom stereocenters. The van der Waals surface area contributed by atoms with Crippen molar-refractivity contribution in [2.75, 3.05) is 13.7 Å². The predicted molar refractivity (Wildman–Crippen MR) is 77.8 cm³/mol. The summed E-state index contributed by atoms with van der Waals surface area (Å²) in [6.07, 6.45) is 0. The minimum Gasteiger partial charge on any atom is -0.497 e. The van der Waals surface area contributed by atoms with Gasteiger partial charge in [0.2, 0.25) is 0 Å². The molecule has 7 heteroatoms. The van der Waals surface area contributed by atoms with Gasteiger partial charge in [0.05, 0.1) is 30.7 Å². The number of methoxy groups -OCH3 is 1. The quantitative estimate of drug-likeness (QED) is 0.850. The Morgan fingerprint density at radius 3 is 2.64 bits per heavy atom. The highest BCUT2D eigenvalue weighted by Crippen LogP contribution is 2.23. The van der Waals surface area contributed by atoms with E-state index in [1.54, 1.807) is 26.0 Å². The van der Waals surface area contributed by atoms with Crippen molar-refractivity contribution in [1.82, 2.24) is 9.78 Å². The second-order valence-electron chi connectivity index (χ2n) is 4.49. The van der Waals surface area contributed by atoms with Crippen LogP contribution in [-0.2, 0) is 4.74 Å². The number of aromatic carboxylic acids is 1. The third-order valence-electron chi connectivity index (χ3n) is 2.98. The molecule has 22 heavy (non-hydrogen) atoms. The van der Waals surface area contributed by atoms with Crippen LogP contribution in [0.15, 0.2) is 24.3 Å². The van der Waals surface area contributed by atoms with Gasteiger partial charge in [0.25, 0.3) is 0 Å². The number of rotatable bonds is 5. The van der Waals surface area contributed by atoms with E-state index in [1.807, 2.05) is 0 Å². The largest absolute Gasteiger partial charge is 0.497 e. The third-order valence-corrected chi connectivity index (χ3v) is 2.98. The number of hydrogen-bond donors (Lipinski definition) is 1. The molecule has 7 nitrogen and oxygen atoms in total. The van der Waals surface area contributed by atoms with Crippen LogP contribution in [0.5, 0.6) is 5.75 Å². The number of carboxylic acids is 1. The summed E-state index contributed by atoms with van der Waals surface area (Å²) in [5, 5.41) is 13.6. The van der Waals surface area contributed by atoms with Gasteiger partial charge < -0.3 is 14.6 Å². The summed E-state index contributed by atoms with van der Waals surface area (Å²) in [5.41, 5.74) is 1.000. The van der Waals surface area contributed by atoms with Crippen LogP contribution in [0.4, 0.5) is 0 Å². The average Bonchev–Trinajstić information content (AvgIpc) is 2.88. The molecule has 116 valence electrons. The van der Waals surface area contributed by atoms with Crippen LogP contribution >= 0.6 is 0 Å². The van der Waals surface area contributed by atoms with Gasteiger partial charge in [-0.25, -0.2) is 14.3 Å². The van der Waals surface area contributed by atoms with Crippen LogP contribution in [0.25, 0.3) is 5.69 Å². The van der Waals surface area contributed by atoms with Gasteiger partial charge >= 0.3 is 11.9 Å². The van der Waals surface area contributed by atoms with Crippen molar-refractivity contribution in [1.29, 1.82) is 0 Å². The van der Waals surface area contributed by atoms with Crippen LogP contribution in [-0.4, -0.2) is 40.5 Å². The van der Waals surface area contributed by atoms with Crippen molar-refractivity contribution in [3.05, 3.63) is 41.2 Å². The number of aryl methyl sites for hydroxylation is 1. The lowest BCUT2D eigenvalue weighted by Gasteiger charge is -2.11. The smallest absolute Gasteiger partial charge is 0.357 e. The fourth-order valence-electron chi connectivity index (χ4n) is 2.03. The second kappa shape index (κ2) is 6.30. The minimum absolute atomic E-state index is 0.0204. The maximum absolute atomic E-state index is 12.0. The van der Waals surface area contributed by atoms with E-state index in [-0.39, 0.29) is 23.6 Å². The minimum atomic E-state index is -1.14. The second-order valence-corrected chi connectivity index (χ2v) is 4.49. The Balaban J connectivity index is 2.61. The van der Waals surface area contributed by atoms with Gasteiger partial charge in [0.1, 0.15) is 5.75 Å². The summed E-state index contributed by atoms with van der Waals surface area (Å²) in [5.74, 6) is -1.30. The molecule has 0 aliphatic heterocycles. The van der Waals surface area contributed by atoms with Gasteiger partial charge in [0.15, 0.2) is 5.69 Å². The fraction of sp³-hybridized carbons (Fsp3) is 0.267. The summed E-state index contributed by atoms with van der Waals surface area (Å²) in [4.78, 5) is 23.5. The monoisotopic (exact) mass is 304 g/mol. The van der Waals surface area contributed by atoms with Crippen molar-refractivity contribution in [2.45, 2.75) is 13.8 Å². The number of carboxylic acid groups (broad SMARTS) is 1. The number of hydrogen-bond acceptors (Lipinski definition) is 5. The van der Waals surface area contributed by atoms with Crippen molar-refractivity contribution in [2.24, 2.45) is 0 Å². The van der Waals surface area contributed by atoms with E-state index in [4.69, 9.17) is 9.47 Å². The standard InChI is InChI=1S/C15H16N2O5/c1-4-22-15(20)13-7-9(2)16-17(13)12-6-5-10(21-3)8-11(12)14(18)19/h5-8H,4H2,1-3H3,(H,18,19). The Morgan fingerprint density at radius 1 is 1.32 bits per heavy atom. The summed E-state index contributed by atoms with van der Waals surface area (Å²) in [6, 6.07) is 6.07. The number of benzene rings is 1. The van der Waals surface area contributed by atoms with E-state index < -0.39 is 11.9 Å². The van der Waals surface area contributed by atoms with Gasteiger partial charge in [0, 0.05) is 0 Å². The zero-order valence-corrected chi connectivity index (χ0v) is 12.5. The Kier molecular flexibility index (Phi) is 4.45. The molecule has 0 spiro atoms.